The standard InChI is InChI=1S/C11H12F3N5S/c1-8-16-2-4-19(8)10-7-15-6-9(18-10)17-3-5-20-11(12,13)14/h2,4,6-7H,3,5H2,1H3,(H,17,18). The van der Waals surface area contributed by atoms with Gasteiger partial charge in [-0.25, -0.2) is 9.97 Å². The van der Waals surface area contributed by atoms with E-state index in [1.165, 1.54) is 6.20 Å². The fourth-order valence-corrected chi connectivity index (χ4v) is 1.96. The number of thioether (sulfide) groups is 1. The van der Waals surface area contributed by atoms with Gasteiger partial charge in [0.2, 0.25) is 0 Å². The molecule has 9 heteroatoms. The molecule has 0 radical (unpaired) electrons. The molecular formula is C11H12F3N5S. The van der Waals surface area contributed by atoms with Gasteiger partial charge < -0.3 is 5.32 Å². The third-order valence-electron chi connectivity index (χ3n) is 2.37. The Hall–Kier alpha value is -1.77. The summed E-state index contributed by atoms with van der Waals surface area (Å²) in [7, 11) is 0. The van der Waals surface area contributed by atoms with Gasteiger partial charge in [-0.3, -0.25) is 9.55 Å². The van der Waals surface area contributed by atoms with E-state index in [0.29, 0.717) is 11.6 Å². The van der Waals surface area contributed by atoms with Crippen LogP contribution < -0.4 is 5.32 Å². The zero-order valence-corrected chi connectivity index (χ0v) is 11.4. The summed E-state index contributed by atoms with van der Waals surface area (Å²) >= 11 is -0.0687. The van der Waals surface area contributed by atoms with Crippen molar-refractivity contribution >= 4 is 17.6 Å². The molecule has 2 aromatic rings. The highest BCUT2D eigenvalue weighted by atomic mass is 32.2. The Kier molecular flexibility index (Phi) is 4.48. The van der Waals surface area contributed by atoms with Gasteiger partial charge in [-0.2, -0.15) is 13.2 Å². The molecule has 0 spiro atoms. The van der Waals surface area contributed by atoms with Gasteiger partial charge in [0, 0.05) is 24.7 Å². The SMILES string of the molecule is Cc1nccn1-c1cncc(NCCSC(F)(F)F)n1. The molecule has 0 unspecified atom stereocenters. The average molecular weight is 303 g/mol. The summed E-state index contributed by atoms with van der Waals surface area (Å²) in [4.78, 5) is 12.3. The number of aryl methyl sites for hydroxylation is 1. The number of hydrogen-bond donors (Lipinski definition) is 1. The van der Waals surface area contributed by atoms with Crippen LogP contribution in [0.4, 0.5) is 19.0 Å². The smallest absolute Gasteiger partial charge is 0.368 e. The Labute approximate surface area is 117 Å². The van der Waals surface area contributed by atoms with Crippen LogP contribution in [0.3, 0.4) is 0 Å². The molecular weight excluding hydrogens is 291 g/mol. The summed E-state index contributed by atoms with van der Waals surface area (Å²) in [5.74, 6) is 1.66. The minimum absolute atomic E-state index is 0.0687. The topological polar surface area (TPSA) is 55.6 Å². The lowest BCUT2D eigenvalue weighted by Gasteiger charge is -2.09. The molecule has 1 N–H and O–H groups in total. The van der Waals surface area contributed by atoms with Crippen molar-refractivity contribution in [3.8, 4) is 5.82 Å². The maximum Gasteiger partial charge on any atom is 0.441 e. The second-order valence-electron chi connectivity index (χ2n) is 3.83. The highest BCUT2D eigenvalue weighted by Gasteiger charge is 2.27. The van der Waals surface area contributed by atoms with Gasteiger partial charge in [-0.1, -0.05) is 0 Å². The molecule has 20 heavy (non-hydrogen) atoms. The summed E-state index contributed by atoms with van der Waals surface area (Å²) in [6.07, 6.45) is 6.40. The van der Waals surface area contributed by atoms with Crippen LogP contribution in [0.25, 0.3) is 5.82 Å². The Morgan fingerprint density at radius 3 is 2.80 bits per heavy atom. The van der Waals surface area contributed by atoms with Crippen LogP contribution in [0, 0.1) is 6.92 Å². The van der Waals surface area contributed by atoms with Crippen molar-refractivity contribution in [3.63, 3.8) is 0 Å². The Bertz CT molecular complexity index is 569. The number of imidazole rings is 1. The van der Waals surface area contributed by atoms with E-state index in [9.17, 15) is 13.2 Å². The van der Waals surface area contributed by atoms with Crippen LogP contribution in [0.2, 0.25) is 0 Å². The van der Waals surface area contributed by atoms with Crippen molar-refractivity contribution in [2.45, 2.75) is 12.4 Å². The van der Waals surface area contributed by atoms with Gasteiger partial charge in [0.15, 0.2) is 5.82 Å². The van der Waals surface area contributed by atoms with Crippen LogP contribution in [0.1, 0.15) is 5.82 Å². The van der Waals surface area contributed by atoms with Gasteiger partial charge in [0.1, 0.15) is 11.6 Å². The number of aromatic nitrogens is 4. The fraction of sp³-hybridized carbons (Fsp3) is 0.364. The largest absolute Gasteiger partial charge is 0.441 e. The molecule has 0 aliphatic carbocycles. The Balaban J connectivity index is 1.95. The molecule has 0 saturated heterocycles. The van der Waals surface area contributed by atoms with Crippen LogP contribution in [0.5, 0.6) is 0 Å². The van der Waals surface area contributed by atoms with Gasteiger partial charge >= 0.3 is 5.51 Å². The molecule has 108 valence electrons. The third-order valence-corrected chi connectivity index (χ3v) is 3.10. The van der Waals surface area contributed by atoms with Gasteiger partial charge in [0.05, 0.1) is 12.4 Å². The number of anilines is 1. The monoisotopic (exact) mass is 303 g/mol. The lowest BCUT2D eigenvalue weighted by Crippen LogP contribution is -2.11. The maximum absolute atomic E-state index is 12.0. The molecule has 5 nitrogen and oxygen atoms in total. The molecule has 0 atom stereocenters. The molecule has 0 saturated carbocycles. The summed E-state index contributed by atoms with van der Waals surface area (Å²) in [5.41, 5.74) is -4.21. The highest BCUT2D eigenvalue weighted by molar-refractivity contribution is 8.00. The maximum atomic E-state index is 12.0. The van der Waals surface area contributed by atoms with Crippen molar-refractivity contribution in [1.82, 2.24) is 19.5 Å². The van der Waals surface area contributed by atoms with Crippen molar-refractivity contribution in [2.75, 3.05) is 17.6 Å². The first-order valence-corrected chi connectivity index (χ1v) is 6.71. The predicted molar refractivity (Wildman–Crippen MR) is 70.9 cm³/mol. The number of nitrogens with one attached hydrogen (secondary N) is 1. The zero-order chi connectivity index (χ0) is 14.6. The molecule has 0 aliphatic heterocycles. The Morgan fingerprint density at radius 2 is 2.15 bits per heavy atom. The van der Waals surface area contributed by atoms with E-state index in [1.54, 1.807) is 23.2 Å². The second kappa shape index (κ2) is 6.12. The van der Waals surface area contributed by atoms with Crippen molar-refractivity contribution in [2.24, 2.45) is 0 Å². The van der Waals surface area contributed by atoms with E-state index in [4.69, 9.17) is 0 Å². The number of alkyl halides is 3. The third kappa shape index (κ3) is 4.12. The molecule has 0 aliphatic rings. The van der Waals surface area contributed by atoms with Crippen LogP contribution in [0.15, 0.2) is 24.8 Å². The number of rotatable bonds is 5. The minimum Gasteiger partial charge on any atom is -0.368 e. The average Bonchev–Trinajstić information content (AvgIpc) is 2.80. The first-order valence-electron chi connectivity index (χ1n) is 5.72. The van der Waals surface area contributed by atoms with Crippen molar-refractivity contribution in [3.05, 3.63) is 30.6 Å². The lowest BCUT2D eigenvalue weighted by molar-refractivity contribution is -0.0327. The van der Waals surface area contributed by atoms with E-state index < -0.39 is 5.51 Å². The van der Waals surface area contributed by atoms with Crippen molar-refractivity contribution < 1.29 is 13.2 Å². The number of halogens is 3. The zero-order valence-electron chi connectivity index (χ0n) is 10.6. The number of hydrogen-bond acceptors (Lipinski definition) is 5. The molecule has 2 aromatic heterocycles. The summed E-state index contributed by atoms with van der Waals surface area (Å²) in [5, 5.41) is 2.81. The van der Waals surface area contributed by atoms with Gasteiger partial charge in [-0.05, 0) is 18.7 Å². The van der Waals surface area contributed by atoms with Crippen LogP contribution in [-0.2, 0) is 0 Å². The lowest BCUT2D eigenvalue weighted by atomic mass is 10.5. The molecule has 0 fully saturated rings. The van der Waals surface area contributed by atoms with Gasteiger partial charge in [0.25, 0.3) is 0 Å². The molecule has 2 heterocycles. The molecule has 0 aromatic carbocycles. The minimum atomic E-state index is -4.21. The second-order valence-corrected chi connectivity index (χ2v) is 4.99. The first-order chi connectivity index (χ1) is 9.46. The summed E-state index contributed by atoms with van der Waals surface area (Å²) in [6, 6.07) is 0. The molecule has 0 bridgehead atoms. The summed E-state index contributed by atoms with van der Waals surface area (Å²) in [6.45, 7) is 1.98. The van der Waals surface area contributed by atoms with E-state index >= 15 is 0 Å². The molecule has 2 rings (SSSR count). The van der Waals surface area contributed by atoms with E-state index in [0.717, 1.165) is 5.82 Å². The first kappa shape index (κ1) is 14.6. The van der Waals surface area contributed by atoms with Crippen molar-refractivity contribution in [1.29, 1.82) is 0 Å². The van der Waals surface area contributed by atoms with E-state index in [1.807, 2.05) is 6.92 Å². The Morgan fingerprint density at radius 1 is 1.35 bits per heavy atom. The van der Waals surface area contributed by atoms with E-state index in [2.05, 4.69) is 20.3 Å². The quantitative estimate of drug-likeness (QED) is 0.861. The van der Waals surface area contributed by atoms with Crippen LogP contribution in [-0.4, -0.2) is 37.3 Å². The predicted octanol–water partition coefficient (Wildman–Crippen LogP) is 2.64. The fourth-order valence-electron chi connectivity index (χ4n) is 1.52. The summed E-state index contributed by atoms with van der Waals surface area (Å²) < 4.78 is 37.7. The molecule has 0 amide bonds. The number of nitrogens with zero attached hydrogens (tertiary/aromatic N) is 4. The van der Waals surface area contributed by atoms with Gasteiger partial charge in [-0.15, -0.1) is 0 Å². The van der Waals surface area contributed by atoms with Crippen LogP contribution >= 0.6 is 11.8 Å². The van der Waals surface area contributed by atoms with E-state index in [-0.39, 0.29) is 24.1 Å². The normalized spacial score (nSPS) is 11.6. The highest BCUT2D eigenvalue weighted by Crippen LogP contribution is 2.29.